The number of aliphatic imine (C=N–C) groups is 1. The molecule has 0 spiro atoms. The van der Waals surface area contributed by atoms with Crippen molar-refractivity contribution in [3.8, 4) is 0 Å². The summed E-state index contributed by atoms with van der Waals surface area (Å²) in [6.07, 6.45) is 4.54. The molecular weight excluding hydrogens is 334 g/mol. The first-order valence-electron chi connectivity index (χ1n) is 9.34. The van der Waals surface area contributed by atoms with E-state index in [1.54, 1.807) is 0 Å². The molecule has 1 N–H and O–H groups in total. The molecule has 142 valence electrons. The zero-order valence-corrected chi connectivity index (χ0v) is 17.2. The molecule has 0 amide bonds. The minimum atomic E-state index is 0.696. The van der Waals surface area contributed by atoms with Crippen LogP contribution in [0.5, 0.6) is 0 Å². The van der Waals surface area contributed by atoms with Crippen LogP contribution in [0.1, 0.15) is 32.4 Å². The molecule has 1 aromatic heterocycles. The molecule has 0 bridgehead atoms. The molecule has 1 saturated heterocycles. The lowest BCUT2D eigenvalue weighted by molar-refractivity contribution is 0.159. The number of nitrogens with zero attached hydrogens (tertiary/aromatic N) is 4. The van der Waals surface area contributed by atoms with E-state index in [9.17, 15) is 0 Å². The maximum absolute atomic E-state index is 6.08. The molecule has 6 heteroatoms. The highest BCUT2D eigenvalue weighted by Crippen LogP contribution is 2.17. The van der Waals surface area contributed by atoms with Crippen molar-refractivity contribution in [2.75, 3.05) is 40.3 Å². The van der Waals surface area contributed by atoms with Crippen LogP contribution < -0.4 is 5.32 Å². The largest absolute Gasteiger partial charge is 0.356 e. The van der Waals surface area contributed by atoms with Crippen molar-refractivity contribution >= 4 is 17.6 Å². The fraction of sp³-hybridized carbons (Fsp3) is 0.737. The lowest BCUT2D eigenvalue weighted by atomic mass is 9.97. The first-order valence-corrected chi connectivity index (χ1v) is 9.71. The van der Waals surface area contributed by atoms with Crippen LogP contribution in [0, 0.1) is 11.8 Å². The normalized spacial score (nSPS) is 19.5. The average molecular weight is 368 g/mol. The number of halogens is 1. The van der Waals surface area contributed by atoms with Gasteiger partial charge in [-0.25, -0.2) is 0 Å². The predicted molar refractivity (Wildman–Crippen MR) is 107 cm³/mol. The number of nitrogens with one attached hydrogen (secondary N) is 1. The number of aryl methyl sites for hydroxylation is 1. The SMILES string of the molecule is CN=C(NCC1CCCN(CC(C)C)C1)N(C)Cc1cc(Cl)cn1C. The second-order valence-electron chi connectivity index (χ2n) is 7.71. The Kier molecular flexibility index (Phi) is 7.63. The molecule has 5 nitrogen and oxygen atoms in total. The Balaban J connectivity index is 1.84. The third-order valence-corrected chi connectivity index (χ3v) is 5.03. The first kappa shape index (κ1) is 20.1. The second kappa shape index (κ2) is 9.48. The lowest BCUT2D eigenvalue weighted by Crippen LogP contribution is -2.45. The number of hydrogen-bond acceptors (Lipinski definition) is 2. The summed E-state index contributed by atoms with van der Waals surface area (Å²) >= 11 is 6.08. The van der Waals surface area contributed by atoms with Gasteiger partial charge in [0.05, 0.1) is 11.6 Å². The van der Waals surface area contributed by atoms with Crippen molar-refractivity contribution in [1.82, 2.24) is 19.7 Å². The number of piperidine rings is 1. The molecule has 0 saturated carbocycles. The molecule has 1 fully saturated rings. The van der Waals surface area contributed by atoms with Crippen LogP contribution in [-0.2, 0) is 13.6 Å². The van der Waals surface area contributed by atoms with E-state index in [4.69, 9.17) is 11.6 Å². The van der Waals surface area contributed by atoms with E-state index < -0.39 is 0 Å². The molecule has 1 aromatic rings. The summed E-state index contributed by atoms with van der Waals surface area (Å²) in [5.74, 6) is 2.38. The van der Waals surface area contributed by atoms with Crippen molar-refractivity contribution in [3.05, 3.63) is 23.0 Å². The van der Waals surface area contributed by atoms with E-state index in [1.807, 2.05) is 26.4 Å². The second-order valence-corrected chi connectivity index (χ2v) is 8.14. The van der Waals surface area contributed by atoms with Crippen LogP contribution in [-0.4, -0.2) is 60.6 Å². The smallest absolute Gasteiger partial charge is 0.193 e. The zero-order valence-electron chi connectivity index (χ0n) is 16.4. The number of guanidine groups is 1. The Bertz CT molecular complexity index is 566. The van der Waals surface area contributed by atoms with Crippen LogP contribution >= 0.6 is 11.6 Å². The predicted octanol–water partition coefficient (Wildman–Crippen LogP) is 3.05. The van der Waals surface area contributed by atoms with Crippen molar-refractivity contribution in [3.63, 3.8) is 0 Å². The standard InChI is InChI=1S/C19H34ClN5/c1-15(2)11-25-8-6-7-16(12-25)10-22-19(21-3)24(5)14-18-9-17(20)13-23(18)4/h9,13,15-16H,6-8,10-12,14H2,1-5H3,(H,21,22). The lowest BCUT2D eigenvalue weighted by Gasteiger charge is -2.34. The zero-order chi connectivity index (χ0) is 18.4. The van der Waals surface area contributed by atoms with Gasteiger partial charge in [0.1, 0.15) is 0 Å². The summed E-state index contributed by atoms with van der Waals surface area (Å²) in [6.45, 7) is 10.0. The number of aromatic nitrogens is 1. The molecule has 25 heavy (non-hydrogen) atoms. The minimum absolute atomic E-state index is 0.696. The van der Waals surface area contributed by atoms with Gasteiger partial charge in [-0.15, -0.1) is 0 Å². The molecule has 1 atom stereocenters. The first-order chi connectivity index (χ1) is 11.9. The molecular formula is C19H34ClN5. The fourth-order valence-corrected chi connectivity index (χ4v) is 3.93. The Labute approximate surface area is 158 Å². The molecule has 1 aliphatic rings. The Morgan fingerprint density at radius 1 is 1.48 bits per heavy atom. The van der Waals surface area contributed by atoms with E-state index in [2.05, 4.69) is 45.6 Å². The molecule has 2 rings (SSSR count). The van der Waals surface area contributed by atoms with Crippen molar-refractivity contribution in [2.24, 2.45) is 23.9 Å². The molecule has 0 aliphatic carbocycles. The Hall–Kier alpha value is -1.20. The van der Waals surface area contributed by atoms with Gasteiger partial charge in [-0.05, 0) is 37.3 Å². The molecule has 0 aromatic carbocycles. The van der Waals surface area contributed by atoms with Crippen molar-refractivity contribution in [2.45, 2.75) is 33.2 Å². The maximum atomic E-state index is 6.08. The minimum Gasteiger partial charge on any atom is -0.356 e. The van der Waals surface area contributed by atoms with E-state index in [0.29, 0.717) is 5.92 Å². The van der Waals surface area contributed by atoms with Gasteiger partial charge < -0.3 is 19.7 Å². The highest BCUT2D eigenvalue weighted by atomic mass is 35.5. The van der Waals surface area contributed by atoms with Gasteiger partial charge in [0.2, 0.25) is 0 Å². The third kappa shape index (κ3) is 6.23. The third-order valence-electron chi connectivity index (χ3n) is 4.82. The summed E-state index contributed by atoms with van der Waals surface area (Å²) in [5, 5.41) is 4.35. The van der Waals surface area contributed by atoms with Crippen LogP contribution in [0.2, 0.25) is 5.02 Å². The molecule has 2 heterocycles. The maximum Gasteiger partial charge on any atom is 0.193 e. The summed E-state index contributed by atoms with van der Waals surface area (Å²) in [6, 6.07) is 2.01. The summed E-state index contributed by atoms with van der Waals surface area (Å²) in [4.78, 5) is 9.21. The van der Waals surface area contributed by atoms with E-state index in [-0.39, 0.29) is 0 Å². The molecule has 1 aliphatic heterocycles. The number of rotatable bonds is 6. The van der Waals surface area contributed by atoms with Crippen molar-refractivity contribution in [1.29, 1.82) is 0 Å². The summed E-state index contributed by atoms with van der Waals surface area (Å²) in [7, 11) is 5.95. The van der Waals surface area contributed by atoms with Gasteiger partial charge in [0.25, 0.3) is 0 Å². The van der Waals surface area contributed by atoms with Gasteiger partial charge in [-0.3, -0.25) is 4.99 Å². The Morgan fingerprint density at radius 2 is 2.24 bits per heavy atom. The fourth-order valence-electron chi connectivity index (χ4n) is 3.66. The van der Waals surface area contributed by atoms with E-state index in [0.717, 1.165) is 30.0 Å². The number of hydrogen-bond donors (Lipinski definition) is 1. The number of likely N-dealkylation sites (tertiary alicyclic amines) is 1. The molecule has 1 unspecified atom stereocenters. The Morgan fingerprint density at radius 3 is 2.84 bits per heavy atom. The van der Waals surface area contributed by atoms with Crippen LogP contribution in [0.15, 0.2) is 17.3 Å². The van der Waals surface area contributed by atoms with Crippen LogP contribution in [0.25, 0.3) is 0 Å². The molecule has 0 radical (unpaired) electrons. The average Bonchev–Trinajstić information content (AvgIpc) is 2.85. The van der Waals surface area contributed by atoms with E-state index in [1.165, 1.54) is 38.2 Å². The van der Waals surface area contributed by atoms with Crippen molar-refractivity contribution < 1.29 is 0 Å². The van der Waals surface area contributed by atoms with Gasteiger partial charge in [0.15, 0.2) is 5.96 Å². The van der Waals surface area contributed by atoms with Gasteiger partial charge >= 0.3 is 0 Å². The topological polar surface area (TPSA) is 35.8 Å². The van der Waals surface area contributed by atoms with Crippen LogP contribution in [0.3, 0.4) is 0 Å². The highest BCUT2D eigenvalue weighted by molar-refractivity contribution is 6.30. The van der Waals surface area contributed by atoms with Crippen LogP contribution in [0.4, 0.5) is 0 Å². The highest BCUT2D eigenvalue weighted by Gasteiger charge is 2.21. The van der Waals surface area contributed by atoms with Gasteiger partial charge in [0, 0.05) is 52.7 Å². The van der Waals surface area contributed by atoms with E-state index >= 15 is 0 Å². The van der Waals surface area contributed by atoms with Gasteiger partial charge in [-0.1, -0.05) is 25.4 Å². The van der Waals surface area contributed by atoms with Gasteiger partial charge in [-0.2, -0.15) is 0 Å². The summed E-state index contributed by atoms with van der Waals surface area (Å²) < 4.78 is 2.07. The monoisotopic (exact) mass is 367 g/mol. The summed E-state index contributed by atoms with van der Waals surface area (Å²) in [5.41, 5.74) is 1.18. The quantitative estimate of drug-likeness (QED) is 0.620.